The summed E-state index contributed by atoms with van der Waals surface area (Å²) in [4.78, 5) is 43.6. The zero-order valence-electron chi connectivity index (χ0n) is 10.3. The van der Waals surface area contributed by atoms with Crippen molar-refractivity contribution in [1.29, 1.82) is 0 Å². The number of hydrogen-bond donors (Lipinski definition) is 4. The second kappa shape index (κ2) is 9.00. The first kappa shape index (κ1) is 17.0. The number of hydrazine groups is 1. The van der Waals surface area contributed by atoms with E-state index >= 15 is 0 Å². The van der Waals surface area contributed by atoms with Gasteiger partial charge in [0.2, 0.25) is 23.6 Å². The van der Waals surface area contributed by atoms with Crippen molar-refractivity contribution in [2.75, 3.05) is 13.2 Å². The van der Waals surface area contributed by atoms with E-state index in [1.54, 1.807) is 0 Å². The molecule has 0 saturated carbocycles. The van der Waals surface area contributed by atoms with Crippen molar-refractivity contribution >= 4 is 23.6 Å². The van der Waals surface area contributed by atoms with Gasteiger partial charge in [0.15, 0.2) is 0 Å². The van der Waals surface area contributed by atoms with E-state index in [1.165, 1.54) is 0 Å². The second-order valence-electron chi connectivity index (χ2n) is 3.57. The highest BCUT2D eigenvalue weighted by molar-refractivity contribution is 6.03. The minimum absolute atomic E-state index is 0.106. The average molecular weight is 275 g/mol. The highest BCUT2D eigenvalue weighted by atomic mass is 16.3. The zero-order chi connectivity index (χ0) is 14.8. The number of carbonyl (C=O) groups is 4. The van der Waals surface area contributed by atoms with Crippen molar-refractivity contribution in [3.8, 4) is 0 Å². The Bertz CT molecular complexity index is 339. The Morgan fingerprint density at radius 2 is 1.58 bits per heavy atom. The standard InChI is InChI=1S/C8H11N3O4.C2H6O2/c9-5(12)1-2-6(13)10-11-7(14)3-4-8(11)15;3-1-2-4/h1-4H2,(H2,9,12)(H,10,13);3-4H,1-2H2. The summed E-state index contributed by atoms with van der Waals surface area (Å²) in [5.74, 6) is -2.05. The van der Waals surface area contributed by atoms with Crippen LogP contribution in [0.1, 0.15) is 25.7 Å². The minimum Gasteiger partial charge on any atom is -0.394 e. The molecule has 1 saturated heterocycles. The Morgan fingerprint density at radius 3 is 1.95 bits per heavy atom. The van der Waals surface area contributed by atoms with Crippen LogP contribution in [-0.2, 0) is 19.2 Å². The van der Waals surface area contributed by atoms with E-state index in [1.807, 2.05) is 0 Å². The lowest BCUT2D eigenvalue weighted by Gasteiger charge is -2.14. The van der Waals surface area contributed by atoms with Crippen LogP contribution in [0.25, 0.3) is 0 Å². The number of imide groups is 1. The van der Waals surface area contributed by atoms with Crippen LogP contribution in [0, 0.1) is 0 Å². The van der Waals surface area contributed by atoms with E-state index in [0.717, 1.165) is 0 Å². The summed E-state index contributed by atoms with van der Waals surface area (Å²) in [6.07, 6.45) is -0.0295. The number of amides is 4. The maximum Gasteiger partial charge on any atom is 0.248 e. The number of nitrogens with two attached hydrogens (primary N) is 1. The van der Waals surface area contributed by atoms with Crippen molar-refractivity contribution in [3.63, 3.8) is 0 Å². The smallest absolute Gasteiger partial charge is 0.248 e. The fourth-order valence-corrected chi connectivity index (χ4v) is 1.12. The number of aliphatic hydroxyl groups is 2. The van der Waals surface area contributed by atoms with Crippen LogP contribution in [0.2, 0.25) is 0 Å². The number of aliphatic hydroxyl groups excluding tert-OH is 2. The number of nitrogens with one attached hydrogen (secondary N) is 1. The van der Waals surface area contributed by atoms with E-state index in [-0.39, 0.29) is 38.9 Å². The van der Waals surface area contributed by atoms with Gasteiger partial charge in [-0.25, -0.2) is 0 Å². The van der Waals surface area contributed by atoms with Gasteiger partial charge in [0.05, 0.1) is 13.2 Å². The highest BCUT2D eigenvalue weighted by Crippen LogP contribution is 2.08. The Hall–Kier alpha value is -2.00. The minimum atomic E-state index is -0.607. The molecule has 1 fully saturated rings. The number of nitrogens with zero attached hydrogens (tertiary/aromatic N) is 1. The number of rotatable bonds is 5. The largest absolute Gasteiger partial charge is 0.394 e. The van der Waals surface area contributed by atoms with Gasteiger partial charge in [0.25, 0.3) is 0 Å². The van der Waals surface area contributed by atoms with Crippen molar-refractivity contribution in [1.82, 2.24) is 10.4 Å². The monoisotopic (exact) mass is 275 g/mol. The van der Waals surface area contributed by atoms with Crippen molar-refractivity contribution in [2.45, 2.75) is 25.7 Å². The third-order valence-corrected chi connectivity index (χ3v) is 1.99. The fourth-order valence-electron chi connectivity index (χ4n) is 1.12. The predicted octanol–water partition coefficient (Wildman–Crippen LogP) is -2.60. The lowest BCUT2D eigenvalue weighted by molar-refractivity contribution is -0.147. The normalized spacial score (nSPS) is 13.9. The Kier molecular flexibility index (Phi) is 8.05. The van der Waals surface area contributed by atoms with Gasteiger partial charge in [-0.2, -0.15) is 5.01 Å². The van der Waals surface area contributed by atoms with E-state index in [2.05, 4.69) is 5.43 Å². The topological polar surface area (TPSA) is 150 Å². The molecular formula is C10H17N3O6. The van der Waals surface area contributed by atoms with Crippen molar-refractivity contribution in [3.05, 3.63) is 0 Å². The molecule has 0 bridgehead atoms. The summed E-state index contributed by atoms with van der Waals surface area (Å²) >= 11 is 0. The molecule has 19 heavy (non-hydrogen) atoms. The predicted molar refractivity (Wildman–Crippen MR) is 61.8 cm³/mol. The lowest BCUT2D eigenvalue weighted by Crippen LogP contribution is -2.45. The molecule has 0 aromatic carbocycles. The molecule has 9 heteroatoms. The van der Waals surface area contributed by atoms with Gasteiger partial charge in [-0.3, -0.25) is 24.6 Å². The summed E-state index contributed by atoms with van der Waals surface area (Å²) in [5.41, 5.74) is 6.96. The number of primary amides is 1. The summed E-state index contributed by atoms with van der Waals surface area (Å²) in [7, 11) is 0. The maximum absolute atomic E-state index is 11.1. The fraction of sp³-hybridized carbons (Fsp3) is 0.600. The first-order chi connectivity index (χ1) is 8.92. The van der Waals surface area contributed by atoms with Crippen molar-refractivity contribution < 1.29 is 29.4 Å². The van der Waals surface area contributed by atoms with Crippen LogP contribution in [0.3, 0.4) is 0 Å². The summed E-state index contributed by atoms with van der Waals surface area (Å²) < 4.78 is 0. The van der Waals surface area contributed by atoms with Crippen LogP contribution in [0.5, 0.6) is 0 Å². The molecule has 0 aliphatic carbocycles. The molecule has 0 radical (unpaired) electrons. The van der Waals surface area contributed by atoms with Crippen molar-refractivity contribution in [2.24, 2.45) is 5.73 Å². The SMILES string of the molecule is NC(=O)CCC(=O)NN1C(=O)CCC1=O.OCCO. The van der Waals surface area contributed by atoms with Gasteiger partial charge in [0.1, 0.15) is 0 Å². The number of carbonyl (C=O) groups excluding carboxylic acids is 4. The molecule has 0 spiro atoms. The molecule has 0 aromatic rings. The van der Waals surface area contributed by atoms with Gasteiger partial charge in [-0.1, -0.05) is 0 Å². The highest BCUT2D eigenvalue weighted by Gasteiger charge is 2.30. The molecule has 1 heterocycles. The molecule has 0 unspecified atom stereocenters. The van der Waals surface area contributed by atoms with E-state index in [4.69, 9.17) is 15.9 Å². The molecular weight excluding hydrogens is 258 g/mol. The van der Waals surface area contributed by atoms with E-state index in [0.29, 0.717) is 5.01 Å². The molecule has 0 atom stereocenters. The second-order valence-corrected chi connectivity index (χ2v) is 3.57. The van der Waals surface area contributed by atoms with E-state index < -0.39 is 23.6 Å². The van der Waals surface area contributed by atoms with Gasteiger partial charge < -0.3 is 15.9 Å². The summed E-state index contributed by atoms with van der Waals surface area (Å²) in [5, 5.41) is 15.9. The molecule has 4 amide bonds. The molecule has 9 nitrogen and oxygen atoms in total. The Morgan fingerprint density at radius 1 is 1.11 bits per heavy atom. The Labute approximate surface area is 109 Å². The van der Waals surface area contributed by atoms with Crippen LogP contribution in [-0.4, -0.2) is 52.1 Å². The van der Waals surface area contributed by atoms with Gasteiger partial charge in [0, 0.05) is 25.7 Å². The first-order valence-corrected chi connectivity index (χ1v) is 5.57. The quantitative estimate of drug-likeness (QED) is 0.404. The zero-order valence-corrected chi connectivity index (χ0v) is 10.3. The van der Waals surface area contributed by atoms with Crippen LogP contribution >= 0.6 is 0 Å². The summed E-state index contributed by atoms with van der Waals surface area (Å²) in [6, 6.07) is 0. The van der Waals surface area contributed by atoms with Gasteiger partial charge in [-0.05, 0) is 0 Å². The van der Waals surface area contributed by atoms with Gasteiger partial charge >= 0.3 is 0 Å². The summed E-state index contributed by atoms with van der Waals surface area (Å²) in [6.45, 7) is -0.250. The number of hydrogen-bond acceptors (Lipinski definition) is 6. The average Bonchev–Trinajstić information content (AvgIpc) is 2.68. The lowest BCUT2D eigenvalue weighted by atomic mass is 10.3. The molecule has 5 N–H and O–H groups in total. The molecule has 1 aliphatic heterocycles. The van der Waals surface area contributed by atoms with Crippen LogP contribution < -0.4 is 11.2 Å². The van der Waals surface area contributed by atoms with Crippen LogP contribution in [0.4, 0.5) is 0 Å². The third-order valence-electron chi connectivity index (χ3n) is 1.99. The molecule has 1 aliphatic rings. The van der Waals surface area contributed by atoms with Gasteiger partial charge in [-0.15, -0.1) is 0 Å². The molecule has 0 aromatic heterocycles. The molecule has 108 valence electrons. The first-order valence-electron chi connectivity index (χ1n) is 5.57. The Balaban J connectivity index is 0.000000711. The van der Waals surface area contributed by atoms with Crippen LogP contribution in [0.15, 0.2) is 0 Å². The molecule has 1 rings (SSSR count). The van der Waals surface area contributed by atoms with E-state index in [9.17, 15) is 19.2 Å². The maximum atomic E-state index is 11.1. The third kappa shape index (κ3) is 7.11.